The Kier molecular flexibility index (Phi) is 7.75. The molecule has 0 radical (unpaired) electrons. The molecule has 0 spiro atoms. The molecule has 1 aliphatic rings. The molecular formula is C22H35F3N2. The van der Waals surface area contributed by atoms with Gasteiger partial charge in [-0.1, -0.05) is 32.9 Å². The van der Waals surface area contributed by atoms with Gasteiger partial charge in [-0.15, -0.1) is 0 Å². The first-order valence-corrected chi connectivity index (χ1v) is 10.2. The fourth-order valence-electron chi connectivity index (χ4n) is 3.80. The summed E-state index contributed by atoms with van der Waals surface area (Å²) in [6.07, 6.45) is 1.63. The lowest BCUT2D eigenvalue weighted by atomic mass is 9.81. The molecule has 0 aromatic heterocycles. The van der Waals surface area contributed by atoms with Gasteiger partial charge in [-0.3, -0.25) is 4.90 Å². The molecule has 1 fully saturated rings. The standard InChI is InChI=1S/C22H35F3N2/c1-21(2,3)12-13-27(15-18-6-4-17(14-26)5-7-18)16-19-8-10-20(11-9-19)22(23,24)25/h8-11,17-18H,4-7,12-16,26H2,1-3H3. The SMILES string of the molecule is CC(C)(C)CCN(Cc1ccc(C(F)(F)F)cc1)CC1CCC(CN)CC1. The van der Waals surface area contributed by atoms with E-state index in [1.807, 2.05) is 0 Å². The molecule has 2 N–H and O–H groups in total. The van der Waals surface area contributed by atoms with Crippen molar-refractivity contribution < 1.29 is 13.2 Å². The van der Waals surface area contributed by atoms with Crippen LogP contribution in [0.4, 0.5) is 13.2 Å². The zero-order valence-electron chi connectivity index (χ0n) is 17.0. The second kappa shape index (κ2) is 9.42. The van der Waals surface area contributed by atoms with Crippen LogP contribution in [0.3, 0.4) is 0 Å². The molecule has 1 aromatic rings. The van der Waals surface area contributed by atoms with Gasteiger partial charge >= 0.3 is 6.18 Å². The third kappa shape index (κ3) is 7.82. The van der Waals surface area contributed by atoms with Crippen molar-refractivity contribution in [2.75, 3.05) is 19.6 Å². The average Bonchev–Trinajstić information content (AvgIpc) is 2.59. The third-order valence-electron chi connectivity index (χ3n) is 5.68. The lowest BCUT2D eigenvalue weighted by Gasteiger charge is -2.34. The minimum Gasteiger partial charge on any atom is -0.330 e. The molecule has 0 atom stereocenters. The van der Waals surface area contributed by atoms with Crippen LogP contribution in [-0.4, -0.2) is 24.5 Å². The van der Waals surface area contributed by atoms with Gasteiger partial charge < -0.3 is 5.73 Å². The van der Waals surface area contributed by atoms with Gasteiger partial charge in [-0.2, -0.15) is 13.2 Å². The van der Waals surface area contributed by atoms with Crippen LogP contribution in [0.5, 0.6) is 0 Å². The molecule has 27 heavy (non-hydrogen) atoms. The third-order valence-corrected chi connectivity index (χ3v) is 5.68. The highest BCUT2D eigenvalue weighted by atomic mass is 19.4. The molecule has 0 unspecified atom stereocenters. The zero-order valence-corrected chi connectivity index (χ0v) is 17.0. The monoisotopic (exact) mass is 384 g/mol. The minimum absolute atomic E-state index is 0.246. The van der Waals surface area contributed by atoms with Gasteiger partial charge in [0.25, 0.3) is 0 Å². The number of rotatable bonds is 7. The molecule has 0 bridgehead atoms. The molecule has 1 aromatic carbocycles. The molecule has 5 heteroatoms. The maximum absolute atomic E-state index is 12.8. The van der Waals surface area contributed by atoms with Gasteiger partial charge in [0.05, 0.1) is 5.56 Å². The Labute approximate surface area is 162 Å². The van der Waals surface area contributed by atoms with E-state index in [2.05, 4.69) is 25.7 Å². The largest absolute Gasteiger partial charge is 0.416 e. The van der Waals surface area contributed by atoms with Crippen molar-refractivity contribution in [1.29, 1.82) is 0 Å². The topological polar surface area (TPSA) is 29.3 Å². The lowest BCUT2D eigenvalue weighted by molar-refractivity contribution is -0.137. The number of hydrogen-bond acceptors (Lipinski definition) is 2. The van der Waals surface area contributed by atoms with Crippen molar-refractivity contribution in [2.45, 2.75) is 65.6 Å². The van der Waals surface area contributed by atoms with Crippen molar-refractivity contribution in [3.05, 3.63) is 35.4 Å². The van der Waals surface area contributed by atoms with Gasteiger partial charge in [0.15, 0.2) is 0 Å². The van der Waals surface area contributed by atoms with Gasteiger partial charge in [-0.05, 0) is 80.1 Å². The molecule has 1 aliphatic carbocycles. The van der Waals surface area contributed by atoms with E-state index in [4.69, 9.17) is 5.73 Å². The first kappa shape index (κ1) is 22.2. The quantitative estimate of drug-likeness (QED) is 0.652. The van der Waals surface area contributed by atoms with Crippen molar-refractivity contribution in [3.63, 3.8) is 0 Å². The summed E-state index contributed by atoms with van der Waals surface area (Å²) in [4.78, 5) is 2.43. The molecule has 0 saturated heterocycles. The lowest BCUT2D eigenvalue weighted by Crippen LogP contribution is -2.34. The summed E-state index contributed by atoms with van der Waals surface area (Å²) in [5.74, 6) is 1.33. The summed E-state index contributed by atoms with van der Waals surface area (Å²) in [7, 11) is 0. The Morgan fingerprint density at radius 1 is 0.963 bits per heavy atom. The molecule has 154 valence electrons. The number of hydrogen-bond donors (Lipinski definition) is 1. The van der Waals surface area contributed by atoms with E-state index in [1.165, 1.54) is 37.8 Å². The molecular weight excluding hydrogens is 349 g/mol. The number of halogens is 3. The van der Waals surface area contributed by atoms with E-state index in [-0.39, 0.29) is 5.41 Å². The van der Waals surface area contributed by atoms with Crippen LogP contribution >= 0.6 is 0 Å². The number of nitrogens with zero attached hydrogens (tertiary/aromatic N) is 1. The molecule has 0 aliphatic heterocycles. The maximum atomic E-state index is 12.8. The maximum Gasteiger partial charge on any atom is 0.416 e. The Morgan fingerprint density at radius 3 is 2.00 bits per heavy atom. The van der Waals surface area contributed by atoms with Crippen LogP contribution in [0.2, 0.25) is 0 Å². The Morgan fingerprint density at radius 2 is 1.52 bits per heavy atom. The highest BCUT2D eigenvalue weighted by Crippen LogP contribution is 2.31. The number of benzene rings is 1. The first-order valence-electron chi connectivity index (χ1n) is 10.2. The van der Waals surface area contributed by atoms with E-state index in [0.29, 0.717) is 18.4 Å². The summed E-state index contributed by atoms with van der Waals surface area (Å²) < 4.78 is 38.4. The number of alkyl halides is 3. The molecule has 2 rings (SSSR count). The molecule has 1 saturated carbocycles. The van der Waals surface area contributed by atoms with E-state index >= 15 is 0 Å². The molecule has 0 heterocycles. The smallest absolute Gasteiger partial charge is 0.330 e. The van der Waals surface area contributed by atoms with E-state index in [1.54, 1.807) is 12.1 Å². The van der Waals surface area contributed by atoms with Crippen molar-refractivity contribution >= 4 is 0 Å². The van der Waals surface area contributed by atoms with Gasteiger partial charge in [0.2, 0.25) is 0 Å². The van der Waals surface area contributed by atoms with Gasteiger partial charge in [0.1, 0.15) is 0 Å². The van der Waals surface area contributed by atoms with Crippen molar-refractivity contribution in [2.24, 2.45) is 23.0 Å². The van der Waals surface area contributed by atoms with Gasteiger partial charge in [-0.25, -0.2) is 0 Å². The van der Waals surface area contributed by atoms with Crippen LogP contribution in [0.25, 0.3) is 0 Å². The number of nitrogens with two attached hydrogens (primary N) is 1. The highest BCUT2D eigenvalue weighted by Gasteiger charge is 2.30. The highest BCUT2D eigenvalue weighted by molar-refractivity contribution is 5.24. The van der Waals surface area contributed by atoms with E-state index in [9.17, 15) is 13.2 Å². The van der Waals surface area contributed by atoms with E-state index < -0.39 is 11.7 Å². The van der Waals surface area contributed by atoms with Crippen molar-refractivity contribution in [1.82, 2.24) is 4.90 Å². The van der Waals surface area contributed by atoms with Crippen molar-refractivity contribution in [3.8, 4) is 0 Å². The minimum atomic E-state index is -4.27. The summed E-state index contributed by atoms with van der Waals surface area (Å²) in [5, 5.41) is 0. The summed E-state index contributed by atoms with van der Waals surface area (Å²) in [5.41, 5.74) is 6.42. The summed E-state index contributed by atoms with van der Waals surface area (Å²) in [6.45, 7) is 10.2. The van der Waals surface area contributed by atoms with Gasteiger partial charge in [0, 0.05) is 13.1 Å². The fraction of sp³-hybridized carbons (Fsp3) is 0.727. The van der Waals surface area contributed by atoms with Crippen LogP contribution in [-0.2, 0) is 12.7 Å². The molecule has 0 amide bonds. The normalized spacial score (nSPS) is 21.6. The van der Waals surface area contributed by atoms with Crippen LogP contribution < -0.4 is 5.73 Å². The second-order valence-electron chi connectivity index (χ2n) is 9.36. The summed E-state index contributed by atoms with van der Waals surface area (Å²) in [6, 6.07) is 5.64. The zero-order chi connectivity index (χ0) is 20.1. The van der Waals surface area contributed by atoms with E-state index in [0.717, 1.165) is 31.6 Å². The first-order chi connectivity index (χ1) is 12.6. The predicted octanol–water partition coefficient (Wildman–Crippen LogP) is 5.71. The van der Waals surface area contributed by atoms with Crippen LogP contribution in [0.1, 0.15) is 64.0 Å². The predicted molar refractivity (Wildman–Crippen MR) is 105 cm³/mol. The Bertz CT molecular complexity index is 552. The Balaban J connectivity index is 1.99. The fourth-order valence-corrected chi connectivity index (χ4v) is 3.80. The molecule has 2 nitrogen and oxygen atoms in total. The second-order valence-corrected chi connectivity index (χ2v) is 9.36. The average molecular weight is 385 g/mol. The summed E-state index contributed by atoms with van der Waals surface area (Å²) >= 11 is 0. The van der Waals surface area contributed by atoms with Crippen LogP contribution in [0, 0.1) is 17.3 Å². The Hall–Kier alpha value is -1.07. The van der Waals surface area contributed by atoms with Crippen LogP contribution in [0.15, 0.2) is 24.3 Å².